The standard InChI is InChI=1S/C54H33NO2S/c1-2-10-34(11-3-1)35-20-26-38(27-21-35)55(40-30-24-37(25-31-40)42-15-8-16-46-44-13-5-7-19-50(44)58-54(42)46)39-28-22-36(23-29-39)41-14-9-18-48-51(41)52-49(56-48)33-32-45-43-12-4-6-17-47(43)57-53(45)52/h1-33H. The Balaban J connectivity index is 0.970. The second-order valence-electron chi connectivity index (χ2n) is 14.8. The molecule has 0 N–H and O–H groups in total. The van der Waals surface area contributed by atoms with E-state index in [0.717, 1.165) is 72.1 Å². The van der Waals surface area contributed by atoms with Gasteiger partial charge in [0.2, 0.25) is 0 Å². The zero-order chi connectivity index (χ0) is 38.2. The lowest BCUT2D eigenvalue weighted by molar-refractivity contribution is 0.663. The van der Waals surface area contributed by atoms with Crippen molar-refractivity contribution in [3.63, 3.8) is 0 Å². The van der Waals surface area contributed by atoms with Gasteiger partial charge >= 0.3 is 0 Å². The van der Waals surface area contributed by atoms with Crippen LogP contribution >= 0.6 is 11.3 Å². The molecule has 0 bridgehead atoms. The summed E-state index contributed by atoms with van der Waals surface area (Å²) in [5.74, 6) is 0. The molecule has 0 aliphatic carbocycles. The third kappa shape index (κ3) is 5.19. The van der Waals surface area contributed by atoms with Crippen LogP contribution in [0.1, 0.15) is 0 Å². The molecule has 0 aliphatic rings. The normalized spacial score (nSPS) is 11.8. The SMILES string of the molecule is c1ccc(-c2ccc(N(c3ccc(-c4cccc5c4sc4ccccc45)cc3)c3ccc(-c4cccc5oc6ccc7c8ccccc8oc7c6c45)cc3)cc2)cc1. The van der Waals surface area contributed by atoms with Crippen LogP contribution in [0.3, 0.4) is 0 Å². The van der Waals surface area contributed by atoms with E-state index in [9.17, 15) is 0 Å². The van der Waals surface area contributed by atoms with Gasteiger partial charge in [0.25, 0.3) is 0 Å². The Morgan fingerprint density at radius 1 is 0.328 bits per heavy atom. The van der Waals surface area contributed by atoms with Crippen molar-refractivity contribution >= 4 is 92.4 Å². The molecule has 3 heterocycles. The molecule has 9 aromatic carbocycles. The maximum atomic E-state index is 6.51. The lowest BCUT2D eigenvalue weighted by Crippen LogP contribution is -2.09. The van der Waals surface area contributed by atoms with Gasteiger partial charge < -0.3 is 13.7 Å². The van der Waals surface area contributed by atoms with Crippen molar-refractivity contribution in [2.45, 2.75) is 0 Å². The summed E-state index contributed by atoms with van der Waals surface area (Å²) >= 11 is 1.87. The average Bonchev–Trinajstić information content (AvgIpc) is 3.99. The molecule has 0 atom stereocenters. The van der Waals surface area contributed by atoms with Crippen LogP contribution < -0.4 is 4.90 Å². The third-order valence-corrected chi connectivity index (χ3v) is 12.7. The molecule has 272 valence electrons. The van der Waals surface area contributed by atoms with Gasteiger partial charge in [-0.15, -0.1) is 11.3 Å². The first-order chi connectivity index (χ1) is 28.7. The van der Waals surface area contributed by atoms with E-state index in [2.05, 4.69) is 187 Å². The lowest BCUT2D eigenvalue weighted by Gasteiger charge is -2.26. The van der Waals surface area contributed by atoms with E-state index in [1.165, 1.54) is 42.4 Å². The minimum atomic E-state index is 0.822. The van der Waals surface area contributed by atoms with Gasteiger partial charge in [-0.3, -0.25) is 0 Å². The molecular weight excluding hydrogens is 727 g/mol. The van der Waals surface area contributed by atoms with Crippen molar-refractivity contribution in [2.75, 3.05) is 4.90 Å². The minimum Gasteiger partial charge on any atom is -0.456 e. The Kier molecular flexibility index (Phi) is 7.40. The fraction of sp³-hybridized carbons (Fsp3) is 0. The zero-order valence-electron chi connectivity index (χ0n) is 31.2. The van der Waals surface area contributed by atoms with E-state index >= 15 is 0 Å². The molecule has 3 aromatic heterocycles. The lowest BCUT2D eigenvalue weighted by atomic mass is 9.98. The van der Waals surface area contributed by atoms with Gasteiger partial charge in [-0.25, -0.2) is 0 Å². The first kappa shape index (κ1) is 32.8. The monoisotopic (exact) mass is 759 g/mol. The van der Waals surface area contributed by atoms with Crippen molar-refractivity contribution in [1.82, 2.24) is 0 Å². The number of nitrogens with zero attached hydrogens (tertiary/aromatic N) is 1. The van der Waals surface area contributed by atoms with E-state index in [4.69, 9.17) is 8.83 Å². The number of fused-ring (bicyclic) bond motifs is 10. The summed E-state index contributed by atoms with van der Waals surface area (Å²) < 4.78 is 15.6. The highest BCUT2D eigenvalue weighted by atomic mass is 32.1. The number of thiophene rings is 1. The number of para-hydroxylation sites is 1. The van der Waals surface area contributed by atoms with Crippen LogP contribution in [0.5, 0.6) is 0 Å². The summed E-state index contributed by atoms with van der Waals surface area (Å²) in [6, 6.07) is 71.4. The Bertz CT molecular complexity index is 3480. The van der Waals surface area contributed by atoms with Gasteiger partial charge in [0, 0.05) is 53.4 Å². The Labute approximate surface area is 338 Å². The highest BCUT2D eigenvalue weighted by Crippen LogP contribution is 2.45. The Hall–Kier alpha value is -7.40. The Morgan fingerprint density at radius 2 is 0.879 bits per heavy atom. The zero-order valence-corrected chi connectivity index (χ0v) is 32.0. The van der Waals surface area contributed by atoms with Gasteiger partial charge in [0.15, 0.2) is 0 Å². The molecule has 0 spiro atoms. The molecule has 0 radical (unpaired) electrons. The number of benzene rings is 9. The van der Waals surface area contributed by atoms with E-state index in [1.54, 1.807) is 0 Å². The van der Waals surface area contributed by atoms with Gasteiger partial charge in [-0.1, -0.05) is 133 Å². The maximum Gasteiger partial charge on any atom is 0.147 e. The first-order valence-corrected chi connectivity index (χ1v) is 20.4. The summed E-state index contributed by atoms with van der Waals surface area (Å²) in [6.07, 6.45) is 0. The van der Waals surface area contributed by atoms with E-state index in [-0.39, 0.29) is 0 Å². The first-order valence-electron chi connectivity index (χ1n) is 19.6. The van der Waals surface area contributed by atoms with Crippen molar-refractivity contribution in [1.29, 1.82) is 0 Å². The molecule has 0 unspecified atom stereocenters. The molecular formula is C54H33NO2S. The molecule has 0 saturated carbocycles. The molecule has 4 heteroatoms. The van der Waals surface area contributed by atoms with Gasteiger partial charge in [0.05, 0.1) is 5.39 Å². The van der Waals surface area contributed by atoms with Crippen LogP contribution in [0.4, 0.5) is 17.1 Å². The maximum absolute atomic E-state index is 6.51. The van der Waals surface area contributed by atoms with E-state index in [0.29, 0.717) is 0 Å². The third-order valence-electron chi connectivity index (χ3n) is 11.5. The second-order valence-corrected chi connectivity index (χ2v) is 15.9. The second kappa shape index (κ2) is 13.1. The highest BCUT2D eigenvalue weighted by molar-refractivity contribution is 7.26. The van der Waals surface area contributed by atoms with E-state index in [1.807, 2.05) is 29.5 Å². The molecule has 12 rings (SSSR count). The summed E-state index contributed by atoms with van der Waals surface area (Å²) in [6.45, 7) is 0. The van der Waals surface area contributed by atoms with Crippen molar-refractivity contribution < 1.29 is 8.83 Å². The number of rotatable bonds is 6. The number of furan rings is 2. The van der Waals surface area contributed by atoms with Crippen molar-refractivity contribution in [3.8, 4) is 33.4 Å². The quantitative estimate of drug-likeness (QED) is 0.169. The fourth-order valence-corrected chi connectivity index (χ4v) is 10.00. The van der Waals surface area contributed by atoms with Crippen molar-refractivity contribution in [3.05, 3.63) is 200 Å². The van der Waals surface area contributed by atoms with Crippen LogP contribution in [0.2, 0.25) is 0 Å². The number of hydrogen-bond donors (Lipinski definition) is 0. The molecule has 0 amide bonds. The molecule has 0 fully saturated rings. The van der Waals surface area contributed by atoms with Gasteiger partial charge in [-0.05, 0) is 100 Å². The largest absolute Gasteiger partial charge is 0.456 e. The minimum absolute atomic E-state index is 0.822. The van der Waals surface area contributed by atoms with Crippen LogP contribution in [0, 0.1) is 0 Å². The Morgan fingerprint density at radius 3 is 1.64 bits per heavy atom. The van der Waals surface area contributed by atoms with Gasteiger partial charge in [-0.2, -0.15) is 0 Å². The summed E-state index contributed by atoms with van der Waals surface area (Å²) in [4.78, 5) is 2.34. The van der Waals surface area contributed by atoms with Crippen molar-refractivity contribution in [2.24, 2.45) is 0 Å². The van der Waals surface area contributed by atoms with Crippen LogP contribution in [0.25, 0.3) is 97.4 Å². The topological polar surface area (TPSA) is 29.5 Å². The predicted octanol–water partition coefficient (Wildman–Crippen LogP) is 16.3. The van der Waals surface area contributed by atoms with E-state index < -0.39 is 0 Å². The predicted molar refractivity (Wildman–Crippen MR) is 245 cm³/mol. The fourth-order valence-electron chi connectivity index (χ4n) is 8.76. The summed E-state index contributed by atoms with van der Waals surface area (Å²) in [5, 5.41) is 6.90. The summed E-state index contributed by atoms with van der Waals surface area (Å²) in [7, 11) is 0. The average molecular weight is 760 g/mol. The molecule has 0 aliphatic heterocycles. The smallest absolute Gasteiger partial charge is 0.147 e. The number of anilines is 3. The van der Waals surface area contributed by atoms with Crippen LogP contribution in [-0.4, -0.2) is 0 Å². The summed E-state index contributed by atoms with van der Waals surface area (Å²) in [5.41, 5.74) is 13.7. The molecule has 0 saturated heterocycles. The van der Waals surface area contributed by atoms with Gasteiger partial charge in [0.1, 0.15) is 22.3 Å². The molecule has 58 heavy (non-hydrogen) atoms. The van der Waals surface area contributed by atoms with Crippen LogP contribution in [-0.2, 0) is 0 Å². The molecule has 12 aromatic rings. The highest BCUT2D eigenvalue weighted by Gasteiger charge is 2.20. The number of hydrogen-bond acceptors (Lipinski definition) is 4. The van der Waals surface area contributed by atoms with Crippen LogP contribution in [0.15, 0.2) is 209 Å². The molecule has 3 nitrogen and oxygen atoms in total.